The molecule has 2 unspecified atom stereocenters. The Bertz CT molecular complexity index is 340. The zero-order valence-electron chi connectivity index (χ0n) is 11.0. The molecule has 1 aliphatic carbocycles. The highest BCUT2D eigenvalue weighted by Crippen LogP contribution is 2.37. The summed E-state index contributed by atoms with van der Waals surface area (Å²) in [5.74, 6) is 0. The average molecular weight is 259 g/mol. The molecule has 0 aromatic rings. The summed E-state index contributed by atoms with van der Waals surface area (Å²) in [6.45, 7) is 5.66. The number of nitrogens with one attached hydrogen (secondary N) is 1. The third kappa shape index (κ3) is 2.76. The summed E-state index contributed by atoms with van der Waals surface area (Å²) < 4.78 is 10.6. The van der Waals surface area contributed by atoms with Gasteiger partial charge >= 0.3 is 6.09 Å². The summed E-state index contributed by atoms with van der Waals surface area (Å²) in [7, 11) is 0. The number of carbonyl (C=O) groups excluding carboxylic acids is 1. The number of fused-ring (bicyclic) bond motifs is 2. The molecule has 2 bridgehead atoms. The predicted octanol–water partition coefficient (Wildman–Crippen LogP) is 0.164. The molecule has 1 amide bonds. The summed E-state index contributed by atoms with van der Waals surface area (Å²) >= 11 is 0. The number of carbonyl (C=O) groups is 1. The summed E-state index contributed by atoms with van der Waals surface area (Å²) in [4.78, 5) is 11.8. The van der Waals surface area contributed by atoms with Crippen LogP contribution in [0.2, 0.25) is 0 Å². The van der Waals surface area contributed by atoms with Gasteiger partial charge in [0.2, 0.25) is 0 Å². The number of amides is 1. The highest BCUT2D eigenvalue weighted by atomic mass is 16.6. The van der Waals surface area contributed by atoms with Gasteiger partial charge in [0.05, 0.1) is 24.4 Å². The van der Waals surface area contributed by atoms with Crippen molar-refractivity contribution in [2.24, 2.45) is 0 Å². The third-order valence-electron chi connectivity index (χ3n) is 3.31. The van der Waals surface area contributed by atoms with Crippen molar-refractivity contribution < 1.29 is 24.5 Å². The molecule has 6 heteroatoms. The van der Waals surface area contributed by atoms with Gasteiger partial charge in [0.1, 0.15) is 11.7 Å². The van der Waals surface area contributed by atoms with E-state index in [-0.39, 0.29) is 6.42 Å². The lowest BCUT2D eigenvalue weighted by molar-refractivity contribution is -0.0737. The van der Waals surface area contributed by atoms with Crippen LogP contribution in [0.25, 0.3) is 0 Å². The highest BCUT2D eigenvalue weighted by Gasteiger charge is 2.52. The first-order chi connectivity index (χ1) is 8.21. The zero-order chi connectivity index (χ0) is 13.6. The van der Waals surface area contributed by atoms with Crippen molar-refractivity contribution in [1.82, 2.24) is 5.32 Å². The largest absolute Gasteiger partial charge is 0.444 e. The highest BCUT2D eigenvalue weighted by molar-refractivity contribution is 5.69. The van der Waals surface area contributed by atoms with Crippen LogP contribution in [0.4, 0.5) is 4.79 Å². The molecule has 1 saturated carbocycles. The van der Waals surface area contributed by atoms with Gasteiger partial charge in [0.25, 0.3) is 0 Å². The third-order valence-corrected chi connectivity index (χ3v) is 3.31. The topological polar surface area (TPSA) is 88.0 Å². The molecule has 2 aliphatic rings. The van der Waals surface area contributed by atoms with Crippen molar-refractivity contribution in [3.05, 3.63) is 0 Å². The van der Waals surface area contributed by atoms with Gasteiger partial charge in [0.15, 0.2) is 0 Å². The zero-order valence-corrected chi connectivity index (χ0v) is 11.0. The van der Waals surface area contributed by atoms with Gasteiger partial charge in [-0.3, -0.25) is 0 Å². The van der Waals surface area contributed by atoms with Crippen molar-refractivity contribution in [3.63, 3.8) is 0 Å². The first-order valence-corrected chi connectivity index (χ1v) is 6.20. The van der Waals surface area contributed by atoms with Gasteiger partial charge in [-0.1, -0.05) is 0 Å². The van der Waals surface area contributed by atoms with Crippen LogP contribution in [0.5, 0.6) is 0 Å². The maximum atomic E-state index is 11.8. The smallest absolute Gasteiger partial charge is 0.408 e. The van der Waals surface area contributed by atoms with E-state index < -0.39 is 35.5 Å². The van der Waals surface area contributed by atoms with E-state index in [0.29, 0.717) is 13.0 Å². The molecule has 0 aromatic carbocycles. The Labute approximate surface area is 106 Å². The van der Waals surface area contributed by atoms with Gasteiger partial charge in [-0.2, -0.15) is 0 Å². The minimum Gasteiger partial charge on any atom is -0.444 e. The number of hydrogen-bond donors (Lipinski definition) is 3. The molecule has 104 valence electrons. The second-order valence-corrected chi connectivity index (χ2v) is 6.22. The van der Waals surface area contributed by atoms with Gasteiger partial charge in [0, 0.05) is 12.8 Å². The van der Waals surface area contributed by atoms with Crippen LogP contribution >= 0.6 is 0 Å². The fraction of sp³-hybridized carbons (Fsp3) is 0.917. The monoisotopic (exact) mass is 259 g/mol. The predicted molar refractivity (Wildman–Crippen MR) is 63.1 cm³/mol. The second-order valence-electron chi connectivity index (χ2n) is 6.22. The van der Waals surface area contributed by atoms with Gasteiger partial charge in [-0.25, -0.2) is 4.79 Å². The van der Waals surface area contributed by atoms with Crippen molar-refractivity contribution >= 4 is 6.09 Å². The van der Waals surface area contributed by atoms with E-state index in [1.165, 1.54) is 0 Å². The molecule has 1 heterocycles. The molecule has 0 radical (unpaired) electrons. The fourth-order valence-corrected chi connectivity index (χ4v) is 2.56. The van der Waals surface area contributed by atoms with E-state index in [4.69, 9.17) is 9.47 Å². The van der Waals surface area contributed by atoms with Crippen LogP contribution in [0.1, 0.15) is 33.6 Å². The van der Waals surface area contributed by atoms with Crippen LogP contribution in [0.3, 0.4) is 0 Å². The minimum atomic E-state index is -0.874. The Morgan fingerprint density at radius 2 is 2.06 bits per heavy atom. The van der Waals surface area contributed by atoms with Crippen LogP contribution in [0, 0.1) is 0 Å². The van der Waals surface area contributed by atoms with Crippen LogP contribution in [-0.4, -0.2) is 52.4 Å². The van der Waals surface area contributed by atoms with E-state index in [0.717, 1.165) is 0 Å². The van der Waals surface area contributed by atoms with Crippen molar-refractivity contribution in [1.29, 1.82) is 0 Å². The lowest BCUT2D eigenvalue weighted by atomic mass is 9.80. The van der Waals surface area contributed by atoms with E-state index in [1.807, 2.05) is 0 Å². The second kappa shape index (κ2) is 4.36. The Kier molecular flexibility index (Phi) is 3.29. The first-order valence-electron chi connectivity index (χ1n) is 6.20. The summed E-state index contributed by atoms with van der Waals surface area (Å²) in [5.41, 5.74) is -1.18. The number of aliphatic hydroxyl groups is 2. The normalized spacial score (nSPS) is 39.5. The fourth-order valence-electron chi connectivity index (χ4n) is 2.56. The SMILES string of the molecule is CC(C)(C)OC(=O)NC12COC(C1)[C@H](O)[C@H](O)C2. The molecule has 0 spiro atoms. The molecule has 6 nitrogen and oxygen atoms in total. The molecule has 4 atom stereocenters. The number of hydrogen-bond acceptors (Lipinski definition) is 5. The molecule has 3 N–H and O–H groups in total. The molecule has 2 rings (SSSR count). The number of aliphatic hydroxyl groups excluding tert-OH is 2. The van der Waals surface area contributed by atoms with E-state index in [9.17, 15) is 15.0 Å². The van der Waals surface area contributed by atoms with E-state index in [1.54, 1.807) is 20.8 Å². The van der Waals surface area contributed by atoms with Gasteiger partial charge in [-0.15, -0.1) is 0 Å². The summed E-state index contributed by atoms with van der Waals surface area (Å²) in [6.07, 6.45) is -1.89. The Hall–Kier alpha value is -0.850. The number of alkyl carbamates (subject to hydrolysis) is 1. The average Bonchev–Trinajstić information content (AvgIpc) is 2.52. The molecular weight excluding hydrogens is 238 g/mol. The quantitative estimate of drug-likeness (QED) is 0.624. The van der Waals surface area contributed by atoms with Crippen molar-refractivity contribution in [3.8, 4) is 0 Å². The number of rotatable bonds is 1. The van der Waals surface area contributed by atoms with Crippen LogP contribution in [0.15, 0.2) is 0 Å². The van der Waals surface area contributed by atoms with Gasteiger partial charge in [-0.05, 0) is 20.8 Å². The van der Waals surface area contributed by atoms with E-state index >= 15 is 0 Å². The molecule has 1 saturated heterocycles. The Balaban J connectivity index is 1.99. The lowest BCUT2D eigenvalue weighted by Crippen LogP contribution is -2.57. The standard InChI is InChI=1S/C12H21NO5/c1-11(2,3)18-10(16)13-12-4-7(14)9(15)8(5-12)17-6-12/h7-9,14-15H,4-6H2,1-3H3,(H,13,16)/t7-,8?,9-,12?/m1/s1. The summed E-state index contributed by atoms with van der Waals surface area (Å²) in [6, 6.07) is 0. The van der Waals surface area contributed by atoms with Crippen LogP contribution < -0.4 is 5.32 Å². The maximum Gasteiger partial charge on any atom is 0.408 e. The Morgan fingerprint density at radius 3 is 2.67 bits per heavy atom. The number of ether oxygens (including phenoxy) is 2. The Morgan fingerprint density at radius 1 is 1.39 bits per heavy atom. The minimum absolute atomic E-state index is 0.282. The lowest BCUT2D eigenvalue weighted by Gasteiger charge is -2.37. The van der Waals surface area contributed by atoms with Crippen LogP contribution in [-0.2, 0) is 9.47 Å². The van der Waals surface area contributed by atoms with E-state index in [2.05, 4.69) is 5.32 Å². The maximum absolute atomic E-state index is 11.8. The molecule has 1 aliphatic heterocycles. The first kappa shape index (κ1) is 13.6. The molecule has 0 aromatic heterocycles. The van der Waals surface area contributed by atoms with Crippen molar-refractivity contribution in [2.75, 3.05) is 6.61 Å². The molecule has 2 fully saturated rings. The van der Waals surface area contributed by atoms with Gasteiger partial charge < -0.3 is 25.0 Å². The van der Waals surface area contributed by atoms with Crippen molar-refractivity contribution in [2.45, 2.75) is 63.1 Å². The molecule has 18 heavy (non-hydrogen) atoms. The molecular formula is C12H21NO5. The summed E-state index contributed by atoms with van der Waals surface area (Å²) in [5, 5.41) is 22.2.